The Morgan fingerprint density at radius 1 is 1.12 bits per heavy atom. The summed E-state index contributed by atoms with van der Waals surface area (Å²) in [5, 5.41) is 29.2. The molecule has 0 aromatic rings. The maximum Gasteiger partial charge on any atom is 0.241 e. The highest BCUT2D eigenvalue weighted by Gasteiger charge is 2.42. The molecule has 0 aromatic carbocycles. The molecule has 0 atom stereocenters. The molecule has 0 saturated heterocycles. The van der Waals surface area contributed by atoms with Crippen molar-refractivity contribution >= 4 is 15.7 Å². The Hall–Kier alpha value is -0.700. The second-order valence-corrected chi connectivity index (χ2v) is 7.06. The first kappa shape index (κ1) is 16.3. The van der Waals surface area contributed by atoms with E-state index in [9.17, 15) is 13.2 Å². The van der Waals surface area contributed by atoms with Crippen LogP contribution in [-0.4, -0.2) is 66.0 Å². The maximum atomic E-state index is 11.8. The normalized spacial score (nSPS) is 13.5. The van der Waals surface area contributed by atoms with E-state index < -0.39 is 45.9 Å². The number of carbonyl (C=O) groups excluding carboxylic acids is 1. The van der Waals surface area contributed by atoms with E-state index in [0.29, 0.717) is 0 Å². The monoisotopic (exact) mass is 269 g/mol. The molecule has 0 unspecified atom stereocenters. The summed E-state index contributed by atoms with van der Waals surface area (Å²) in [6, 6.07) is 0. The van der Waals surface area contributed by atoms with Crippen molar-refractivity contribution in [3.8, 4) is 0 Å². The van der Waals surface area contributed by atoms with Gasteiger partial charge in [-0.05, 0) is 13.8 Å². The van der Waals surface area contributed by atoms with Gasteiger partial charge in [0, 0.05) is 6.26 Å². The van der Waals surface area contributed by atoms with Crippen LogP contribution in [0.25, 0.3) is 0 Å². The Labute approximate surface area is 100 Å². The fraction of sp³-hybridized carbons (Fsp3) is 0.889. The van der Waals surface area contributed by atoms with Gasteiger partial charge in [-0.2, -0.15) is 0 Å². The van der Waals surface area contributed by atoms with Gasteiger partial charge in [-0.1, -0.05) is 0 Å². The van der Waals surface area contributed by atoms with Gasteiger partial charge in [-0.25, -0.2) is 8.42 Å². The van der Waals surface area contributed by atoms with Crippen LogP contribution in [0.3, 0.4) is 0 Å². The maximum absolute atomic E-state index is 11.8. The lowest BCUT2D eigenvalue weighted by Gasteiger charge is -2.32. The summed E-state index contributed by atoms with van der Waals surface area (Å²) in [5.41, 5.74) is -1.63. The number of aliphatic hydroxyl groups excluding tert-OH is 3. The van der Waals surface area contributed by atoms with Crippen LogP contribution in [0.15, 0.2) is 0 Å². The first-order valence-corrected chi connectivity index (χ1v) is 6.80. The number of sulfone groups is 1. The highest BCUT2D eigenvalue weighted by Crippen LogP contribution is 2.17. The molecular weight excluding hydrogens is 250 g/mol. The highest BCUT2D eigenvalue weighted by molar-refractivity contribution is 7.92. The van der Waals surface area contributed by atoms with Gasteiger partial charge in [0.1, 0.15) is 10.3 Å². The summed E-state index contributed by atoms with van der Waals surface area (Å²) in [6.45, 7) is 0.297. The molecule has 0 aliphatic rings. The van der Waals surface area contributed by atoms with Crippen LogP contribution >= 0.6 is 0 Å². The minimum Gasteiger partial charge on any atom is -0.394 e. The molecule has 0 saturated carbocycles. The highest BCUT2D eigenvalue weighted by atomic mass is 32.2. The molecule has 4 N–H and O–H groups in total. The van der Waals surface area contributed by atoms with Crippen LogP contribution in [0.4, 0.5) is 0 Å². The number of hydrogen-bond acceptors (Lipinski definition) is 6. The number of rotatable bonds is 6. The van der Waals surface area contributed by atoms with E-state index >= 15 is 0 Å². The average Bonchev–Trinajstić information content (AvgIpc) is 2.24. The second-order valence-electron chi connectivity index (χ2n) is 4.49. The van der Waals surface area contributed by atoms with Gasteiger partial charge >= 0.3 is 0 Å². The molecule has 17 heavy (non-hydrogen) atoms. The number of hydrogen-bond donors (Lipinski definition) is 4. The van der Waals surface area contributed by atoms with Crippen molar-refractivity contribution in [3.05, 3.63) is 0 Å². The zero-order chi connectivity index (χ0) is 13.9. The summed E-state index contributed by atoms with van der Waals surface area (Å²) in [5.74, 6) is -0.892. The van der Waals surface area contributed by atoms with Gasteiger partial charge in [0.05, 0.1) is 19.8 Å². The van der Waals surface area contributed by atoms with Crippen LogP contribution in [0.2, 0.25) is 0 Å². The molecule has 0 bridgehead atoms. The topological polar surface area (TPSA) is 124 Å². The lowest BCUT2D eigenvalue weighted by molar-refractivity contribution is -0.127. The largest absolute Gasteiger partial charge is 0.394 e. The number of nitrogens with one attached hydrogen (secondary N) is 1. The van der Waals surface area contributed by atoms with Crippen molar-refractivity contribution in [2.45, 2.75) is 24.1 Å². The summed E-state index contributed by atoms with van der Waals surface area (Å²) < 4.78 is 21.1. The van der Waals surface area contributed by atoms with Crippen LogP contribution in [0.1, 0.15) is 13.8 Å². The Balaban J connectivity index is 5.11. The molecule has 0 heterocycles. The van der Waals surface area contributed by atoms with Crippen molar-refractivity contribution in [1.29, 1.82) is 0 Å². The van der Waals surface area contributed by atoms with E-state index in [4.69, 9.17) is 15.3 Å². The van der Waals surface area contributed by atoms with Gasteiger partial charge in [0.2, 0.25) is 5.91 Å². The van der Waals surface area contributed by atoms with Gasteiger partial charge < -0.3 is 20.6 Å². The minimum atomic E-state index is -3.66. The van der Waals surface area contributed by atoms with E-state index in [0.717, 1.165) is 6.26 Å². The third-order valence-electron chi connectivity index (χ3n) is 2.76. The van der Waals surface area contributed by atoms with Gasteiger partial charge in [-0.15, -0.1) is 0 Å². The van der Waals surface area contributed by atoms with Crippen molar-refractivity contribution in [2.75, 3.05) is 26.1 Å². The Morgan fingerprint density at radius 3 is 1.71 bits per heavy atom. The zero-order valence-corrected chi connectivity index (χ0v) is 10.9. The van der Waals surface area contributed by atoms with Crippen LogP contribution in [-0.2, 0) is 14.6 Å². The minimum absolute atomic E-state index is 0.703. The molecule has 0 radical (unpaired) electrons. The van der Waals surface area contributed by atoms with E-state index in [1.165, 1.54) is 13.8 Å². The first-order chi connectivity index (χ1) is 7.56. The lowest BCUT2D eigenvalue weighted by atomic mass is 10.0. The molecular formula is C9H19NO6S. The predicted octanol–water partition coefficient (Wildman–Crippen LogP) is -2.36. The zero-order valence-electron chi connectivity index (χ0n) is 10.1. The van der Waals surface area contributed by atoms with Gasteiger partial charge in [-0.3, -0.25) is 4.79 Å². The molecule has 7 nitrogen and oxygen atoms in total. The Kier molecular flexibility index (Phi) is 5.08. The summed E-state index contributed by atoms with van der Waals surface area (Å²) in [6.07, 6.45) is 0.908. The van der Waals surface area contributed by atoms with E-state index in [2.05, 4.69) is 5.32 Å². The predicted molar refractivity (Wildman–Crippen MR) is 61.1 cm³/mol. The summed E-state index contributed by atoms with van der Waals surface area (Å²) >= 11 is 0. The SMILES string of the molecule is CC(C)(C(=O)NC(CO)(CO)CO)S(C)(=O)=O. The molecule has 0 rings (SSSR count). The standard InChI is InChI=1S/C9H19NO6S/c1-8(2,17(3,15)16)7(14)10-9(4-11,5-12)6-13/h11-13H,4-6H2,1-3H3,(H,10,14). The molecule has 102 valence electrons. The smallest absolute Gasteiger partial charge is 0.241 e. The number of carbonyl (C=O) groups is 1. The van der Waals surface area contributed by atoms with Crippen LogP contribution < -0.4 is 5.32 Å². The fourth-order valence-corrected chi connectivity index (χ4v) is 1.22. The van der Waals surface area contributed by atoms with Crippen molar-refractivity contribution < 1.29 is 28.5 Å². The summed E-state index contributed by atoms with van der Waals surface area (Å²) in [7, 11) is -3.66. The molecule has 8 heteroatoms. The van der Waals surface area contributed by atoms with E-state index in [1.54, 1.807) is 0 Å². The number of amides is 1. The number of aliphatic hydroxyl groups is 3. The molecule has 0 aliphatic heterocycles. The molecule has 1 amide bonds. The summed E-state index contributed by atoms with van der Waals surface area (Å²) in [4.78, 5) is 11.8. The fourth-order valence-electron chi connectivity index (χ4n) is 0.828. The molecule has 0 aromatic heterocycles. The second kappa shape index (κ2) is 5.30. The molecule has 0 spiro atoms. The molecule has 0 fully saturated rings. The Morgan fingerprint density at radius 2 is 1.47 bits per heavy atom. The van der Waals surface area contributed by atoms with Crippen LogP contribution in [0, 0.1) is 0 Å². The van der Waals surface area contributed by atoms with Crippen molar-refractivity contribution in [3.63, 3.8) is 0 Å². The lowest BCUT2D eigenvalue weighted by Crippen LogP contribution is -2.62. The average molecular weight is 269 g/mol. The first-order valence-electron chi connectivity index (χ1n) is 4.91. The van der Waals surface area contributed by atoms with Crippen molar-refractivity contribution in [2.24, 2.45) is 0 Å². The van der Waals surface area contributed by atoms with Crippen molar-refractivity contribution in [1.82, 2.24) is 5.32 Å². The molecule has 0 aliphatic carbocycles. The van der Waals surface area contributed by atoms with Gasteiger partial charge in [0.25, 0.3) is 0 Å². The van der Waals surface area contributed by atoms with Gasteiger partial charge in [0.15, 0.2) is 9.84 Å². The quantitative estimate of drug-likeness (QED) is 0.428. The van der Waals surface area contributed by atoms with Crippen LogP contribution in [0.5, 0.6) is 0 Å². The third kappa shape index (κ3) is 3.38. The Bertz CT molecular complexity index is 363. The van der Waals surface area contributed by atoms with E-state index in [-0.39, 0.29) is 0 Å². The van der Waals surface area contributed by atoms with E-state index in [1.807, 2.05) is 0 Å². The third-order valence-corrected chi connectivity index (χ3v) is 4.80.